The van der Waals surface area contributed by atoms with E-state index in [1.165, 1.54) is 0 Å². The number of rotatable bonds is 3. The highest BCUT2D eigenvalue weighted by Gasteiger charge is 2.30. The van der Waals surface area contributed by atoms with Gasteiger partial charge in [-0.2, -0.15) is 0 Å². The molecule has 104 valence electrons. The van der Waals surface area contributed by atoms with Crippen molar-refractivity contribution < 1.29 is 14.6 Å². The van der Waals surface area contributed by atoms with Gasteiger partial charge in [0.2, 0.25) is 5.91 Å². The summed E-state index contributed by atoms with van der Waals surface area (Å²) in [4.78, 5) is 14.3. The summed E-state index contributed by atoms with van der Waals surface area (Å²) < 4.78 is 5.12. The number of ether oxygens (including phenoxy) is 1. The lowest BCUT2D eigenvalue weighted by Gasteiger charge is -2.25. The molecule has 1 amide bonds. The van der Waals surface area contributed by atoms with Gasteiger partial charge in [-0.25, -0.2) is 0 Å². The van der Waals surface area contributed by atoms with Crippen molar-refractivity contribution in [2.75, 3.05) is 18.6 Å². The molecule has 0 aromatic heterocycles. The van der Waals surface area contributed by atoms with Crippen molar-refractivity contribution in [2.45, 2.75) is 32.3 Å². The van der Waals surface area contributed by atoms with Crippen LogP contribution >= 0.6 is 0 Å². The molecule has 19 heavy (non-hydrogen) atoms. The Morgan fingerprint density at radius 3 is 2.58 bits per heavy atom. The van der Waals surface area contributed by atoms with E-state index in [0.29, 0.717) is 6.54 Å². The second kappa shape index (κ2) is 6.06. The average molecular weight is 263 g/mol. The van der Waals surface area contributed by atoms with Crippen LogP contribution in [0.1, 0.15) is 26.2 Å². The van der Waals surface area contributed by atoms with Gasteiger partial charge < -0.3 is 14.7 Å². The third-order valence-electron chi connectivity index (χ3n) is 3.70. The maximum absolute atomic E-state index is 12.5. The third kappa shape index (κ3) is 3.07. The summed E-state index contributed by atoms with van der Waals surface area (Å²) >= 11 is 0. The minimum atomic E-state index is -0.591. The van der Waals surface area contributed by atoms with Gasteiger partial charge in [0.25, 0.3) is 0 Å². The van der Waals surface area contributed by atoms with Crippen molar-refractivity contribution in [3.63, 3.8) is 0 Å². The minimum absolute atomic E-state index is 0.0256. The Bertz CT molecular complexity index is 428. The zero-order chi connectivity index (χ0) is 13.8. The number of carbonyl (C=O) groups excluding carboxylic acids is 1. The second-order valence-corrected chi connectivity index (χ2v) is 5.03. The lowest BCUT2D eigenvalue weighted by atomic mass is 9.97. The maximum atomic E-state index is 12.5. The Balaban J connectivity index is 2.22. The van der Waals surface area contributed by atoms with E-state index in [9.17, 15) is 9.90 Å². The van der Waals surface area contributed by atoms with E-state index in [2.05, 4.69) is 0 Å². The molecule has 1 fully saturated rings. The molecule has 0 spiro atoms. The average Bonchev–Trinajstić information content (AvgIpc) is 2.61. The van der Waals surface area contributed by atoms with E-state index >= 15 is 0 Å². The number of nitrogens with zero attached hydrogens (tertiary/aromatic N) is 1. The van der Waals surface area contributed by atoms with Gasteiger partial charge in [-0.1, -0.05) is 6.42 Å². The summed E-state index contributed by atoms with van der Waals surface area (Å²) in [7, 11) is 1.62. The van der Waals surface area contributed by atoms with Crippen LogP contribution in [0.2, 0.25) is 0 Å². The van der Waals surface area contributed by atoms with Crippen molar-refractivity contribution in [2.24, 2.45) is 5.92 Å². The number of benzene rings is 1. The number of aliphatic hydroxyl groups excluding tert-OH is 1. The largest absolute Gasteiger partial charge is 0.497 e. The van der Waals surface area contributed by atoms with Crippen molar-refractivity contribution >= 4 is 11.6 Å². The Labute approximate surface area is 114 Å². The van der Waals surface area contributed by atoms with Gasteiger partial charge in [0.05, 0.1) is 19.1 Å². The molecule has 4 nitrogen and oxygen atoms in total. The molecule has 1 heterocycles. The molecule has 1 N–H and O–H groups in total. The molecule has 0 saturated carbocycles. The van der Waals surface area contributed by atoms with Crippen molar-refractivity contribution in [3.8, 4) is 5.75 Å². The van der Waals surface area contributed by atoms with Crippen LogP contribution in [0, 0.1) is 5.92 Å². The molecule has 1 aromatic rings. The summed E-state index contributed by atoms with van der Waals surface area (Å²) in [5.74, 6) is 0.514. The molecular weight excluding hydrogens is 242 g/mol. The Morgan fingerprint density at radius 2 is 2.00 bits per heavy atom. The summed E-state index contributed by atoms with van der Waals surface area (Å²) in [5.41, 5.74) is 0.873. The van der Waals surface area contributed by atoms with Crippen molar-refractivity contribution in [1.29, 1.82) is 0 Å². The Hall–Kier alpha value is -1.55. The Kier molecular flexibility index (Phi) is 4.43. The molecule has 2 atom stereocenters. The first kappa shape index (κ1) is 13.9. The summed E-state index contributed by atoms with van der Waals surface area (Å²) in [6.45, 7) is 2.41. The van der Waals surface area contributed by atoms with Gasteiger partial charge in [0.1, 0.15) is 5.75 Å². The predicted octanol–water partition coefficient (Wildman–Crippen LogP) is 2.21. The van der Waals surface area contributed by atoms with Crippen LogP contribution in [0.5, 0.6) is 5.75 Å². The van der Waals surface area contributed by atoms with E-state index in [1.807, 2.05) is 24.3 Å². The quantitative estimate of drug-likeness (QED) is 0.909. The van der Waals surface area contributed by atoms with E-state index in [0.717, 1.165) is 30.7 Å². The molecule has 0 unspecified atom stereocenters. The van der Waals surface area contributed by atoms with Gasteiger partial charge in [-0.05, 0) is 44.0 Å². The van der Waals surface area contributed by atoms with Crippen LogP contribution in [0.3, 0.4) is 0 Å². The molecule has 2 rings (SSSR count). The summed E-state index contributed by atoms with van der Waals surface area (Å²) in [5, 5.41) is 9.75. The molecule has 1 saturated heterocycles. The number of carbonyl (C=O) groups is 1. The highest BCUT2D eigenvalue weighted by molar-refractivity contribution is 5.95. The zero-order valence-corrected chi connectivity index (χ0v) is 11.5. The third-order valence-corrected chi connectivity index (χ3v) is 3.70. The van der Waals surface area contributed by atoms with Crippen LogP contribution in [0.4, 0.5) is 5.69 Å². The monoisotopic (exact) mass is 263 g/mol. The van der Waals surface area contributed by atoms with Crippen molar-refractivity contribution in [1.82, 2.24) is 0 Å². The minimum Gasteiger partial charge on any atom is -0.497 e. The molecule has 1 aromatic carbocycles. The predicted molar refractivity (Wildman–Crippen MR) is 74.4 cm³/mol. The van der Waals surface area contributed by atoms with Crippen LogP contribution in [0.15, 0.2) is 24.3 Å². The van der Waals surface area contributed by atoms with Gasteiger partial charge in [-0.15, -0.1) is 0 Å². The Morgan fingerprint density at radius 1 is 1.32 bits per heavy atom. The standard InChI is InChI=1S/C15H21NO3/c1-11(17)14-5-3-4-10-16(15(14)18)12-6-8-13(19-2)9-7-12/h6-9,11,14,17H,3-5,10H2,1-2H3/t11-,14+/m1/s1. The molecule has 1 aliphatic rings. The number of amides is 1. The summed E-state index contributed by atoms with van der Waals surface area (Å²) in [6, 6.07) is 7.48. The SMILES string of the molecule is COc1ccc(N2CCCC[C@@H]([C@@H](C)O)C2=O)cc1. The first-order chi connectivity index (χ1) is 9.13. The fraction of sp³-hybridized carbons (Fsp3) is 0.533. The number of anilines is 1. The maximum Gasteiger partial charge on any atom is 0.232 e. The van der Waals surface area contributed by atoms with Gasteiger partial charge in [-0.3, -0.25) is 4.79 Å². The smallest absolute Gasteiger partial charge is 0.232 e. The topological polar surface area (TPSA) is 49.8 Å². The highest BCUT2D eigenvalue weighted by atomic mass is 16.5. The molecule has 4 heteroatoms. The number of hydrogen-bond donors (Lipinski definition) is 1. The lowest BCUT2D eigenvalue weighted by molar-refractivity contribution is -0.125. The molecular formula is C15H21NO3. The molecule has 0 aliphatic carbocycles. The van der Waals surface area contributed by atoms with Crippen LogP contribution < -0.4 is 9.64 Å². The van der Waals surface area contributed by atoms with E-state index < -0.39 is 6.10 Å². The molecule has 0 radical (unpaired) electrons. The number of aliphatic hydroxyl groups is 1. The van der Waals surface area contributed by atoms with E-state index in [-0.39, 0.29) is 11.8 Å². The van der Waals surface area contributed by atoms with E-state index in [1.54, 1.807) is 18.9 Å². The highest BCUT2D eigenvalue weighted by Crippen LogP contribution is 2.27. The molecule has 0 bridgehead atoms. The van der Waals surface area contributed by atoms with Crippen LogP contribution in [-0.2, 0) is 4.79 Å². The zero-order valence-electron chi connectivity index (χ0n) is 11.5. The fourth-order valence-corrected chi connectivity index (χ4v) is 2.53. The van der Waals surface area contributed by atoms with E-state index in [4.69, 9.17) is 4.74 Å². The number of methoxy groups -OCH3 is 1. The van der Waals surface area contributed by atoms with Gasteiger partial charge >= 0.3 is 0 Å². The van der Waals surface area contributed by atoms with Crippen molar-refractivity contribution in [3.05, 3.63) is 24.3 Å². The summed E-state index contributed by atoms with van der Waals surface area (Å²) in [6.07, 6.45) is 2.13. The van der Waals surface area contributed by atoms with Gasteiger partial charge in [0.15, 0.2) is 0 Å². The first-order valence-corrected chi connectivity index (χ1v) is 6.77. The number of hydrogen-bond acceptors (Lipinski definition) is 3. The molecule has 1 aliphatic heterocycles. The lowest BCUT2D eigenvalue weighted by Crippen LogP contribution is -2.39. The van der Waals surface area contributed by atoms with Crippen LogP contribution in [-0.4, -0.2) is 30.8 Å². The van der Waals surface area contributed by atoms with Crippen LogP contribution in [0.25, 0.3) is 0 Å². The second-order valence-electron chi connectivity index (χ2n) is 5.03. The van der Waals surface area contributed by atoms with Gasteiger partial charge in [0, 0.05) is 12.2 Å². The fourth-order valence-electron chi connectivity index (χ4n) is 2.53. The first-order valence-electron chi connectivity index (χ1n) is 6.77. The normalized spacial score (nSPS) is 21.9.